The highest BCUT2D eigenvalue weighted by Gasteiger charge is 2.08. The highest BCUT2D eigenvalue weighted by atomic mass is 32.1. The van der Waals surface area contributed by atoms with Gasteiger partial charge in [0, 0.05) is 4.70 Å². The summed E-state index contributed by atoms with van der Waals surface area (Å²) in [6.07, 6.45) is 0. The quantitative estimate of drug-likeness (QED) is 0.427. The van der Waals surface area contributed by atoms with Crippen LogP contribution in [0.2, 0.25) is 0 Å². The van der Waals surface area contributed by atoms with Crippen LogP contribution in [0.4, 0.5) is 0 Å². The number of nitrogens with two attached hydrogens (primary N) is 1. The summed E-state index contributed by atoms with van der Waals surface area (Å²) in [4.78, 5) is 5.24. The largest absolute Gasteiger partial charge is 0.431 e. The number of para-hydroxylation sites is 1. The van der Waals surface area contributed by atoms with Crippen LogP contribution in [-0.4, -0.2) is 10.8 Å². The lowest BCUT2D eigenvalue weighted by molar-refractivity contribution is 0.481. The van der Waals surface area contributed by atoms with Crippen LogP contribution in [0.3, 0.4) is 0 Å². The number of rotatable bonds is 3. The van der Waals surface area contributed by atoms with Gasteiger partial charge in [-0.1, -0.05) is 23.5 Å². The molecule has 0 saturated heterocycles. The third kappa shape index (κ3) is 2.32. The second-order valence-corrected chi connectivity index (χ2v) is 6.85. The van der Waals surface area contributed by atoms with Gasteiger partial charge >= 0.3 is 0 Å². The van der Waals surface area contributed by atoms with Gasteiger partial charge in [0.25, 0.3) is 5.19 Å². The topological polar surface area (TPSA) is 72.0 Å². The molecule has 0 saturated carbocycles. The Hall–Kier alpha value is -2.44. The molecule has 0 bridgehead atoms. The maximum absolute atomic E-state index is 7.51. The van der Waals surface area contributed by atoms with Crippen LogP contribution < -0.4 is 10.5 Å². The minimum absolute atomic E-state index is 0.0924. The molecule has 22 heavy (non-hydrogen) atoms. The molecule has 6 heteroatoms. The molecular formula is C16H11N3OS2. The molecular weight excluding hydrogens is 314 g/mol. The van der Waals surface area contributed by atoms with Crippen LogP contribution in [0.25, 0.3) is 20.3 Å². The maximum atomic E-state index is 7.51. The number of nitrogens with zero attached hydrogens (tertiary/aromatic N) is 1. The van der Waals surface area contributed by atoms with Crippen molar-refractivity contribution in [1.29, 1.82) is 5.41 Å². The van der Waals surface area contributed by atoms with Gasteiger partial charge in [-0.25, -0.2) is 4.98 Å². The molecule has 0 aliphatic carbocycles. The molecule has 3 N–H and O–H groups in total. The van der Waals surface area contributed by atoms with Gasteiger partial charge in [0.15, 0.2) is 0 Å². The second kappa shape index (κ2) is 5.08. The summed E-state index contributed by atoms with van der Waals surface area (Å²) < 4.78 is 8.02. The average Bonchev–Trinajstić information content (AvgIpc) is 3.09. The van der Waals surface area contributed by atoms with Crippen molar-refractivity contribution in [3.63, 3.8) is 0 Å². The van der Waals surface area contributed by atoms with Gasteiger partial charge in [-0.2, -0.15) is 0 Å². The van der Waals surface area contributed by atoms with Crippen LogP contribution >= 0.6 is 22.7 Å². The molecule has 2 heterocycles. The Balaban J connectivity index is 1.69. The Morgan fingerprint density at radius 3 is 2.73 bits per heavy atom. The highest BCUT2D eigenvalue weighted by molar-refractivity contribution is 7.21. The monoisotopic (exact) mass is 325 g/mol. The van der Waals surface area contributed by atoms with E-state index in [4.69, 9.17) is 15.9 Å². The predicted octanol–water partition coefficient (Wildman–Crippen LogP) is 4.59. The van der Waals surface area contributed by atoms with Crippen LogP contribution in [0.5, 0.6) is 10.9 Å². The molecule has 4 nitrogen and oxygen atoms in total. The Bertz CT molecular complexity index is 970. The van der Waals surface area contributed by atoms with E-state index in [2.05, 4.69) is 4.98 Å². The van der Waals surface area contributed by atoms with Gasteiger partial charge in [0.1, 0.15) is 11.6 Å². The van der Waals surface area contributed by atoms with E-state index in [0.29, 0.717) is 5.19 Å². The van der Waals surface area contributed by atoms with E-state index in [1.807, 2.05) is 48.5 Å². The number of hydrogen-bond donors (Lipinski definition) is 2. The first-order chi connectivity index (χ1) is 10.7. The first-order valence-electron chi connectivity index (χ1n) is 6.60. The summed E-state index contributed by atoms with van der Waals surface area (Å²) in [5.41, 5.74) is 6.48. The summed E-state index contributed by atoms with van der Waals surface area (Å²) in [5, 5.41) is 9.20. The summed E-state index contributed by atoms with van der Waals surface area (Å²) >= 11 is 3.01. The molecule has 0 radical (unpaired) electrons. The summed E-state index contributed by atoms with van der Waals surface area (Å²) in [6, 6.07) is 15.7. The fourth-order valence-electron chi connectivity index (χ4n) is 2.20. The number of hydrogen-bond acceptors (Lipinski definition) is 5. The molecule has 0 fully saturated rings. The number of thiazole rings is 1. The highest BCUT2D eigenvalue weighted by Crippen LogP contribution is 2.34. The molecule has 108 valence electrons. The van der Waals surface area contributed by atoms with Gasteiger partial charge in [0.05, 0.1) is 15.1 Å². The van der Waals surface area contributed by atoms with E-state index < -0.39 is 0 Å². The standard InChI is InChI=1S/C16H11N3OS2/c17-15(18)14-7-9-5-6-10(8-13(9)21-14)20-16-19-11-3-1-2-4-12(11)22-16/h1-8H,(H3,17,18). The van der Waals surface area contributed by atoms with Crippen LogP contribution in [0.15, 0.2) is 48.5 Å². The van der Waals surface area contributed by atoms with E-state index in [-0.39, 0.29) is 5.84 Å². The number of thiophene rings is 1. The molecule has 0 aliphatic rings. The lowest BCUT2D eigenvalue weighted by Crippen LogP contribution is -2.08. The van der Waals surface area contributed by atoms with Crippen LogP contribution in [-0.2, 0) is 0 Å². The summed E-state index contributed by atoms with van der Waals surface area (Å²) in [6.45, 7) is 0. The zero-order chi connectivity index (χ0) is 15.1. The first-order valence-corrected chi connectivity index (χ1v) is 8.24. The number of benzene rings is 2. The Morgan fingerprint density at radius 1 is 1.05 bits per heavy atom. The van der Waals surface area contributed by atoms with Crippen LogP contribution in [0.1, 0.15) is 4.88 Å². The van der Waals surface area contributed by atoms with Crippen molar-refractivity contribution in [3.05, 3.63) is 53.4 Å². The third-order valence-corrected chi connectivity index (χ3v) is 5.28. The van der Waals surface area contributed by atoms with E-state index >= 15 is 0 Å². The number of fused-ring (bicyclic) bond motifs is 2. The van der Waals surface area contributed by atoms with Crippen molar-refractivity contribution in [1.82, 2.24) is 4.98 Å². The van der Waals surface area contributed by atoms with Gasteiger partial charge in [-0.15, -0.1) is 11.3 Å². The SMILES string of the molecule is N=C(N)c1cc2ccc(Oc3nc4ccccc4s3)cc2s1. The lowest BCUT2D eigenvalue weighted by atomic mass is 10.2. The fourth-order valence-corrected chi connectivity index (χ4v) is 3.99. The second-order valence-electron chi connectivity index (χ2n) is 4.77. The van der Waals surface area contributed by atoms with Gasteiger partial charge in [0.2, 0.25) is 0 Å². The van der Waals surface area contributed by atoms with E-state index in [1.165, 1.54) is 22.7 Å². The molecule has 0 unspecified atom stereocenters. The van der Waals surface area contributed by atoms with E-state index in [1.54, 1.807) is 0 Å². The van der Waals surface area contributed by atoms with Crippen molar-refractivity contribution >= 4 is 48.8 Å². The summed E-state index contributed by atoms with van der Waals surface area (Å²) in [5.74, 6) is 0.832. The lowest BCUT2D eigenvalue weighted by Gasteiger charge is -2.00. The smallest absolute Gasteiger partial charge is 0.279 e. The molecule has 4 rings (SSSR count). The van der Waals surface area contributed by atoms with Crippen molar-refractivity contribution in [2.24, 2.45) is 5.73 Å². The van der Waals surface area contributed by atoms with Crippen molar-refractivity contribution in [2.45, 2.75) is 0 Å². The van der Waals surface area contributed by atoms with Crippen molar-refractivity contribution in [3.8, 4) is 10.9 Å². The molecule has 0 spiro atoms. The van der Waals surface area contributed by atoms with E-state index in [0.717, 1.165) is 30.9 Å². The van der Waals surface area contributed by atoms with E-state index in [9.17, 15) is 0 Å². The van der Waals surface area contributed by atoms with Gasteiger partial charge in [-0.05, 0) is 41.8 Å². The summed E-state index contributed by atoms with van der Waals surface area (Å²) in [7, 11) is 0. The Morgan fingerprint density at radius 2 is 1.91 bits per heavy atom. The molecule has 4 aromatic rings. The fraction of sp³-hybridized carbons (Fsp3) is 0. The predicted molar refractivity (Wildman–Crippen MR) is 92.5 cm³/mol. The number of nitrogen functional groups attached to an aromatic ring is 1. The molecule has 0 aliphatic heterocycles. The number of amidine groups is 1. The van der Waals surface area contributed by atoms with Crippen molar-refractivity contribution < 1.29 is 4.74 Å². The number of aromatic nitrogens is 1. The molecule has 2 aromatic heterocycles. The maximum Gasteiger partial charge on any atom is 0.279 e. The number of nitrogens with one attached hydrogen (secondary N) is 1. The Kier molecular flexibility index (Phi) is 3.06. The zero-order valence-electron chi connectivity index (χ0n) is 11.4. The van der Waals surface area contributed by atoms with Crippen LogP contribution in [0, 0.1) is 5.41 Å². The number of ether oxygens (including phenoxy) is 1. The molecule has 0 amide bonds. The van der Waals surface area contributed by atoms with Crippen molar-refractivity contribution in [2.75, 3.05) is 0 Å². The first kappa shape index (κ1) is 13.2. The third-order valence-electron chi connectivity index (χ3n) is 3.24. The zero-order valence-corrected chi connectivity index (χ0v) is 13.0. The minimum atomic E-state index is 0.0924. The average molecular weight is 325 g/mol. The van der Waals surface area contributed by atoms with Gasteiger partial charge in [-0.3, -0.25) is 5.41 Å². The minimum Gasteiger partial charge on any atom is -0.431 e. The Labute approximate surface area is 134 Å². The van der Waals surface area contributed by atoms with Gasteiger partial charge < -0.3 is 10.5 Å². The molecule has 2 aromatic carbocycles. The normalized spacial score (nSPS) is 11.1. The molecule has 0 atom stereocenters.